The first kappa shape index (κ1) is 21.5. The number of hydrogen-bond acceptors (Lipinski definition) is 6. The van der Waals surface area contributed by atoms with E-state index in [1.807, 2.05) is 53.4 Å². The van der Waals surface area contributed by atoms with Gasteiger partial charge in [0.25, 0.3) is 5.91 Å². The lowest BCUT2D eigenvalue weighted by atomic mass is 10.2. The van der Waals surface area contributed by atoms with Gasteiger partial charge in [-0.1, -0.05) is 41.9 Å². The average Bonchev–Trinajstić information content (AvgIpc) is 3.26. The van der Waals surface area contributed by atoms with Crippen LogP contribution < -0.4 is 9.64 Å². The number of carbonyl (C=O) groups is 1. The summed E-state index contributed by atoms with van der Waals surface area (Å²) in [5.74, 6) is 1.37. The van der Waals surface area contributed by atoms with Gasteiger partial charge in [0, 0.05) is 37.3 Å². The molecule has 4 rings (SSSR count). The lowest BCUT2D eigenvalue weighted by Gasteiger charge is -2.34. The van der Waals surface area contributed by atoms with Crippen LogP contribution in [0.5, 0.6) is 5.75 Å². The summed E-state index contributed by atoms with van der Waals surface area (Å²) >= 11 is 5.91. The second-order valence-electron chi connectivity index (χ2n) is 7.17. The molecule has 1 aromatic heterocycles. The van der Waals surface area contributed by atoms with Crippen molar-refractivity contribution in [3.63, 3.8) is 0 Å². The van der Waals surface area contributed by atoms with Gasteiger partial charge in [-0.3, -0.25) is 4.79 Å². The predicted octanol–water partition coefficient (Wildman–Crippen LogP) is 4.10. The van der Waals surface area contributed by atoms with Gasteiger partial charge in [-0.25, -0.2) is 0 Å². The molecule has 0 saturated carbocycles. The van der Waals surface area contributed by atoms with Crippen LogP contribution in [-0.4, -0.2) is 48.6 Å². The van der Waals surface area contributed by atoms with Crippen LogP contribution in [0.3, 0.4) is 0 Å². The number of hydrogen-bond donors (Lipinski definition) is 0. The number of nitriles is 1. The molecule has 2 heterocycles. The molecule has 3 aromatic rings. The molecule has 8 heteroatoms. The molecule has 1 aliphatic rings. The number of nitrogens with zero attached hydrogens (tertiary/aromatic N) is 4. The number of ether oxygens (including phenoxy) is 1. The van der Waals surface area contributed by atoms with Crippen molar-refractivity contribution in [2.75, 3.05) is 37.7 Å². The van der Waals surface area contributed by atoms with Gasteiger partial charge in [-0.05, 0) is 35.9 Å². The fraction of sp³-hybridized carbons (Fsp3) is 0.208. The number of rotatable bonds is 6. The van der Waals surface area contributed by atoms with Gasteiger partial charge >= 0.3 is 0 Å². The fourth-order valence-electron chi connectivity index (χ4n) is 3.34. The standard InChI is InChI=1S/C24H21ClN4O3/c25-19-9-6-18(7-10-19)8-11-22-27-21(16-26)24(32-22)29-14-12-28(13-15-29)23(30)17-31-20-4-2-1-3-5-20/h1-11H,12-15,17H2/b11-8+. The van der Waals surface area contributed by atoms with E-state index in [9.17, 15) is 10.1 Å². The Kier molecular flexibility index (Phi) is 6.73. The highest BCUT2D eigenvalue weighted by Gasteiger charge is 2.26. The van der Waals surface area contributed by atoms with E-state index in [4.69, 9.17) is 20.8 Å². The molecule has 2 aromatic carbocycles. The van der Waals surface area contributed by atoms with Crippen LogP contribution in [0.25, 0.3) is 12.2 Å². The summed E-state index contributed by atoms with van der Waals surface area (Å²) in [4.78, 5) is 20.4. The Labute approximate surface area is 191 Å². The summed E-state index contributed by atoms with van der Waals surface area (Å²) in [5, 5.41) is 10.1. The van der Waals surface area contributed by atoms with Crippen molar-refractivity contribution in [2.45, 2.75) is 0 Å². The van der Waals surface area contributed by atoms with Crippen molar-refractivity contribution in [2.24, 2.45) is 0 Å². The zero-order valence-electron chi connectivity index (χ0n) is 17.3. The van der Waals surface area contributed by atoms with E-state index in [2.05, 4.69) is 11.1 Å². The lowest BCUT2D eigenvalue weighted by molar-refractivity contribution is -0.133. The smallest absolute Gasteiger partial charge is 0.260 e. The summed E-state index contributed by atoms with van der Waals surface area (Å²) in [6.07, 6.45) is 3.56. The Bertz CT molecular complexity index is 1130. The molecule has 0 N–H and O–H groups in total. The first-order valence-electron chi connectivity index (χ1n) is 10.2. The van der Waals surface area contributed by atoms with E-state index in [1.54, 1.807) is 23.1 Å². The Hall–Kier alpha value is -3.76. The molecular formula is C24H21ClN4O3. The summed E-state index contributed by atoms with van der Waals surface area (Å²) in [7, 11) is 0. The van der Waals surface area contributed by atoms with Gasteiger partial charge < -0.3 is 19.0 Å². The number of benzene rings is 2. The molecule has 32 heavy (non-hydrogen) atoms. The highest BCUT2D eigenvalue weighted by Crippen LogP contribution is 2.24. The van der Waals surface area contributed by atoms with E-state index in [0.717, 1.165) is 5.56 Å². The second kappa shape index (κ2) is 10.0. The Balaban J connectivity index is 1.35. The molecular weight excluding hydrogens is 428 g/mol. The molecule has 0 spiro atoms. The average molecular weight is 449 g/mol. The Morgan fingerprint density at radius 2 is 1.81 bits per heavy atom. The first-order valence-corrected chi connectivity index (χ1v) is 10.6. The first-order chi connectivity index (χ1) is 15.6. The van der Waals surface area contributed by atoms with Gasteiger partial charge in [0.05, 0.1) is 0 Å². The van der Waals surface area contributed by atoms with E-state index >= 15 is 0 Å². The molecule has 0 bridgehead atoms. The third-order valence-corrected chi connectivity index (χ3v) is 5.30. The van der Waals surface area contributed by atoms with E-state index in [0.29, 0.717) is 48.7 Å². The van der Waals surface area contributed by atoms with Crippen molar-refractivity contribution >= 4 is 35.5 Å². The molecule has 0 atom stereocenters. The number of oxazole rings is 1. The number of carbonyl (C=O) groups excluding carboxylic acids is 1. The minimum Gasteiger partial charge on any atom is -0.484 e. The van der Waals surface area contributed by atoms with Gasteiger partial charge in [0.15, 0.2) is 6.61 Å². The largest absolute Gasteiger partial charge is 0.484 e. The molecule has 1 aliphatic heterocycles. The molecule has 7 nitrogen and oxygen atoms in total. The highest BCUT2D eigenvalue weighted by atomic mass is 35.5. The highest BCUT2D eigenvalue weighted by molar-refractivity contribution is 6.30. The summed E-state index contributed by atoms with van der Waals surface area (Å²) in [5.41, 5.74) is 1.17. The minimum atomic E-state index is -0.0711. The van der Waals surface area contributed by atoms with Crippen LogP contribution >= 0.6 is 11.6 Å². The van der Waals surface area contributed by atoms with Crippen LogP contribution in [0.15, 0.2) is 59.0 Å². The normalized spacial score (nSPS) is 13.9. The van der Waals surface area contributed by atoms with Crippen molar-refractivity contribution in [1.29, 1.82) is 5.26 Å². The maximum absolute atomic E-state index is 12.5. The summed E-state index contributed by atoms with van der Waals surface area (Å²) < 4.78 is 11.4. The summed E-state index contributed by atoms with van der Waals surface area (Å²) in [6, 6.07) is 18.7. The third-order valence-electron chi connectivity index (χ3n) is 5.05. The molecule has 0 radical (unpaired) electrons. The fourth-order valence-corrected chi connectivity index (χ4v) is 3.47. The minimum absolute atomic E-state index is 0.00456. The van der Waals surface area contributed by atoms with Gasteiger partial charge in [0.1, 0.15) is 11.8 Å². The predicted molar refractivity (Wildman–Crippen MR) is 122 cm³/mol. The van der Waals surface area contributed by atoms with Gasteiger partial charge in [-0.15, -0.1) is 0 Å². The molecule has 1 fully saturated rings. The number of aromatic nitrogens is 1. The molecule has 0 aliphatic carbocycles. The van der Waals surface area contributed by atoms with Crippen LogP contribution in [0, 0.1) is 11.3 Å². The number of halogens is 1. The van der Waals surface area contributed by atoms with E-state index in [-0.39, 0.29) is 18.2 Å². The number of anilines is 1. The maximum Gasteiger partial charge on any atom is 0.260 e. The lowest BCUT2D eigenvalue weighted by Crippen LogP contribution is -2.50. The second-order valence-corrected chi connectivity index (χ2v) is 7.61. The van der Waals surface area contributed by atoms with Gasteiger partial charge in [0.2, 0.25) is 17.5 Å². The van der Waals surface area contributed by atoms with Crippen molar-refractivity contribution in [1.82, 2.24) is 9.88 Å². The van der Waals surface area contributed by atoms with E-state index in [1.165, 1.54) is 0 Å². The van der Waals surface area contributed by atoms with Gasteiger partial charge in [-0.2, -0.15) is 10.2 Å². The maximum atomic E-state index is 12.5. The molecule has 0 unspecified atom stereocenters. The van der Waals surface area contributed by atoms with Crippen LogP contribution in [-0.2, 0) is 4.79 Å². The number of piperazine rings is 1. The number of para-hydroxylation sites is 1. The molecule has 1 amide bonds. The Morgan fingerprint density at radius 1 is 1.09 bits per heavy atom. The van der Waals surface area contributed by atoms with E-state index < -0.39 is 0 Å². The van der Waals surface area contributed by atoms with Crippen LogP contribution in [0.2, 0.25) is 5.02 Å². The van der Waals surface area contributed by atoms with Crippen molar-refractivity contribution < 1.29 is 13.9 Å². The van der Waals surface area contributed by atoms with Crippen LogP contribution in [0.1, 0.15) is 17.1 Å². The zero-order valence-corrected chi connectivity index (χ0v) is 18.0. The Morgan fingerprint density at radius 3 is 2.50 bits per heavy atom. The SMILES string of the molecule is N#Cc1nc(/C=C/c2ccc(Cl)cc2)oc1N1CCN(C(=O)COc2ccccc2)CC1. The monoisotopic (exact) mass is 448 g/mol. The zero-order chi connectivity index (χ0) is 22.3. The molecule has 162 valence electrons. The quantitative estimate of drug-likeness (QED) is 0.564. The molecule has 1 saturated heterocycles. The number of amides is 1. The summed E-state index contributed by atoms with van der Waals surface area (Å²) in [6.45, 7) is 2.11. The van der Waals surface area contributed by atoms with Crippen molar-refractivity contribution in [3.05, 3.63) is 76.8 Å². The van der Waals surface area contributed by atoms with Crippen molar-refractivity contribution in [3.8, 4) is 11.8 Å². The van der Waals surface area contributed by atoms with Crippen LogP contribution in [0.4, 0.5) is 5.88 Å². The third kappa shape index (κ3) is 5.29. The topological polar surface area (TPSA) is 82.6 Å².